The van der Waals surface area contributed by atoms with Crippen LogP contribution in [-0.2, 0) is 4.79 Å². The van der Waals surface area contributed by atoms with Crippen LogP contribution in [0.25, 0.3) is 0 Å². The van der Waals surface area contributed by atoms with Gasteiger partial charge in [-0.15, -0.1) is 0 Å². The van der Waals surface area contributed by atoms with Crippen LogP contribution in [0.15, 0.2) is 24.3 Å². The summed E-state index contributed by atoms with van der Waals surface area (Å²) in [6.45, 7) is 4.20. The van der Waals surface area contributed by atoms with Crippen LogP contribution < -0.4 is 5.32 Å². The summed E-state index contributed by atoms with van der Waals surface area (Å²) >= 11 is 0. The standard InChI is InChI=1S/C58H113NO4/c1-3-5-7-9-11-13-15-17-19-21-23-25-27-28-29-30-31-33-35-37-39-41-43-45-47-49-51-53-57(62)59-55(54-60)58(63)56(61)52-50-48-46-44-42-40-38-36-34-32-26-24-22-20-18-16-14-12-10-8-6-4-2/h36,38,44,46,55-56,58,60-61,63H,3-35,37,39-43,45,47-54H2,1-2H3,(H,59,62)/b38-36+,46-44+. The zero-order valence-electron chi connectivity index (χ0n) is 42.7. The first-order chi connectivity index (χ1) is 31.1. The van der Waals surface area contributed by atoms with Crippen molar-refractivity contribution in [3.8, 4) is 0 Å². The molecule has 0 aromatic carbocycles. The largest absolute Gasteiger partial charge is 0.394 e. The minimum absolute atomic E-state index is 0.152. The number of unbranched alkanes of at least 4 members (excludes halogenated alkanes) is 41. The van der Waals surface area contributed by atoms with Crippen LogP contribution in [0.1, 0.15) is 316 Å². The molecule has 0 aliphatic heterocycles. The van der Waals surface area contributed by atoms with Gasteiger partial charge in [0.1, 0.15) is 6.10 Å². The van der Waals surface area contributed by atoms with Crippen molar-refractivity contribution in [1.29, 1.82) is 0 Å². The van der Waals surface area contributed by atoms with Gasteiger partial charge in [-0.1, -0.05) is 282 Å². The lowest BCUT2D eigenvalue weighted by molar-refractivity contribution is -0.124. The Morgan fingerprint density at radius 2 is 0.651 bits per heavy atom. The van der Waals surface area contributed by atoms with Gasteiger partial charge in [-0.25, -0.2) is 0 Å². The molecule has 3 atom stereocenters. The van der Waals surface area contributed by atoms with E-state index < -0.39 is 18.2 Å². The van der Waals surface area contributed by atoms with Crippen molar-refractivity contribution in [2.24, 2.45) is 0 Å². The van der Waals surface area contributed by atoms with Gasteiger partial charge in [-0.05, 0) is 51.4 Å². The molecule has 5 heteroatoms. The molecule has 0 saturated heterocycles. The Balaban J connectivity index is 3.55. The molecule has 0 rings (SSSR count). The topological polar surface area (TPSA) is 89.8 Å². The van der Waals surface area contributed by atoms with Gasteiger partial charge in [-0.3, -0.25) is 4.79 Å². The van der Waals surface area contributed by atoms with Crippen LogP contribution >= 0.6 is 0 Å². The summed E-state index contributed by atoms with van der Waals surface area (Å²) < 4.78 is 0. The predicted octanol–water partition coefficient (Wildman–Crippen LogP) is 17.7. The Kier molecular flexibility index (Phi) is 52.5. The number of aliphatic hydroxyl groups excluding tert-OH is 3. The van der Waals surface area contributed by atoms with Crippen molar-refractivity contribution in [2.75, 3.05) is 6.61 Å². The molecule has 0 fully saturated rings. The van der Waals surface area contributed by atoms with E-state index in [4.69, 9.17) is 0 Å². The molecule has 4 N–H and O–H groups in total. The Morgan fingerprint density at radius 3 is 0.968 bits per heavy atom. The molecule has 0 aromatic rings. The van der Waals surface area contributed by atoms with Crippen molar-refractivity contribution in [3.05, 3.63) is 24.3 Å². The lowest BCUT2D eigenvalue weighted by Crippen LogP contribution is -2.50. The summed E-state index contributed by atoms with van der Waals surface area (Å²) in [6.07, 6.45) is 67.7. The minimum atomic E-state index is -1.17. The van der Waals surface area contributed by atoms with E-state index in [1.165, 1.54) is 244 Å². The molecule has 0 radical (unpaired) electrons. The maximum absolute atomic E-state index is 12.5. The molecule has 1 amide bonds. The average molecular weight is 889 g/mol. The molecule has 0 aliphatic carbocycles. The number of carbonyl (C=O) groups is 1. The Labute approximate surface area is 394 Å². The van der Waals surface area contributed by atoms with Gasteiger partial charge in [0, 0.05) is 6.42 Å². The zero-order chi connectivity index (χ0) is 45.8. The van der Waals surface area contributed by atoms with E-state index in [2.05, 4.69) is 43.5 Å². The summed E-state index contributed by atoms with van der Waals surface area (Å²) in [7, 11) is 0. The van der Waals surface area contributed by atoms with E-state index in [-0.39, 0.29) is 12.5 Å². The molecule has 5 nitrogen and oxygen atoms in total. The lowest BCUT2D eigenvalue weighted by atomic mass is 10.0. The summed E-state index contributed by atoms with van der Waals surface area (Å²) in [6, 6.07) is -0.830. The molecule has 63 heavy (non-hydrogen) atoms. The first-order valence-corrected chi connectivity index (χ1v) is 28.6. The number of aliphatic hydroxyl groups is 3. The van der Waals surface area contributed by atoms with Gasteiger partial charge in [0.05, 0.1) is 18.8 Å². The number of carbonyl (C=O) groups excluding carboxylic acids is 1. The van der Waals surface area contributed by atoms with Crippen LogP contribution in [0, 0.1) is 0 Å². The van der Waals surface area contributed by atoms with Gasteiger partial charge in [-0.2, -0.15) is 0 Å². The van der Waals surface area contributed by atoms with Crippen molar-refractivity contribution in [3.63, 3.8) is 0 Å². The highest BCUT2D eigenvalue weighted by Crippen LogP contribution is 2.18. The summed E-state index contributed by atoms with van der Waals surface area (Å²) in [5.41, 5.74) is 0. The number of rotatable bonds is 53. The van der Waals surface area contributed by atoms with Crippen LogP contribution in [0.5, 0.6) is 0 Å². The number of hydrogen-bond acceptors (Lipinski definition) is 4. The fraction of sp³-hybridized carbons (Fsp3) is 0.914. The van der Waals surface area contributed by atoms with E-state index in [1.807, 2.05) is 0 Å². The molecule has 0 spiro atoms. The fourth-order valence-electron chi connectivity index (χ4n) is 9.12. The first-order valence-electron chi connectivity index (χ1n) is 28.6. The lowest BCUT2D eigenvalue weighted by Gasteiger charge is -2.26. The number of hydrogen-bond donors (Lipinski definition) is 4. The summed E-state index contributed by atoms with van der Waals surface area (Å²) in [4.78, 5) is 12.5. The van der Waals surface area contributed by atoms with Crippen molar-refractivity contribution in [1.82, 2.24) is 5.32 Å². The van der Waals surface area contributed by atoms with Crippen LogP contribution in [0.4, 0.5) is 0 Å². The highest BCUT2D eigenvalue weighted by Gasteiger charge is 2.26. The molecule has 0 aliphatic rings. The third kappa shape index (κ3) is 48.6. The Hall–Kier alpha value is -1.17. The molecule has 0 saturated carbocycles. The highest BCUT2D eigenvalue weighted by molar-refractivity contribution is 5.76. The normalized spacial score (nSPS) is 13.4. The van der Waals surface area contributed by atoms with Gasteiger partial charge in [0.25, 0.3) is 0 Å². The maximum atomic E-state index is 12.5. The van der Waals surface area contributed by atoms with Crippen molar-refractivity contribution < 1.29 is 20.1 Å². The van der Waals surface area contributed by atoms with E-state index >= 15 is 0 Å². The van der Waals surface area contributed by atoms with E-state index in [1.54, 1.807) is 0 Å². The summed E-state index contributed by atoms with van der Waals surface area (Å²) in [5.74, 6) is -0.152. The molecular weight excluding hydrogens is 775 g/mol. The smallest absolute Gasteiger partial charge is 0.220 e. The zero-order valence-corrected chi connectivity index (χ0v) is 42.7. The number of allylic oxidation sites excluding steroid dienone is 4. The van der Waals surface area contributed by atoms with Gasteiger partial charge in [0.2, 0.25) is 5.91 Å². The third-order valence-electron chi connectivity index (χ3n) is 13.5. The molecule has 374 valence electrons. The van der Waals surface area contributed by atoms with E-state index in [0.717, 1.165) is 44.9 Å². The second kappa shape index (κ2) is 53.4. The first kappa shape index (κ1) is 61.8. The monoisotopic (exact) mass is 888 g/mol. The molecule has 0 heterocycles. The van der Waals surface area contributed by atoms with Crippen LogP contribution in [-0.4, -0.2) is 46.1 Å². The Morgan fingerprint density at radius 1 is 0.381 bits per heavy atom. The fourth-order valence-corrected chi connectivity index (χ4v) is 9.12. The van der Waals surface area contributed by atoms with Crippen molar-refractivity contribution >= 4 is 5.91 Å². The molecule has 3 unspecified atom stereocenters. The van der Waals surface area contributed by atoms with Gasteiger partial charge in [0.15, 0.2) is 0 Å². The van der Waals surface area contributed by atoms with Crippen LogP contribution in [0.3, 0.4) is 0 Å². The van der Waals surface area contributed by atoms with Crippen LogP contribution in [0.2, 0.25) is 0 Å². The quantitative estimate of drug-likeness (QED) is 0.0362. The van der Waals surface area contributed by atoms with Gasteiger partial charge < -0.3 is 20.6 Å². The molecular formula is C58H113NO4. The summed E-state index contributed by atoms with van der Waals surface area (Å²) in [5, 5.41) is 33.7. The molecule has 0 bridgehead atoms. The van der Waals surface area contributed by atoms with E-state index in [0.29, 0.717) is 12.8 Å². The van der Waals surface area contributed by atoms with E-state index in [9.17, 15) is 20.1 Å². The average Bonchev–Trinajstić information content (AvgIpc) is 3.29. The minimum Gasteiger partial charge on any atom is -0.394 e. The maximum Gasteiger partial charge on any atom is 0.220 e. The second-order valence-electron chi connectivity index (χ2n) is 19.8. The number of amides is 1. The van der Waals surface area contributed by atoms with Crippen molar-refractivity contribution in [2.45, 2.75) is 334 Å². The molecule has 0 aromatic heterocycles. The van der Waals surface area contributed by atoms with Gasteiger partial charge >= 0.3 is 0 Å². The number of nitrogens with one attached hydrogen (secondary N) is 1. The predicted molar refractivity (Wildman–Crippen MR) is 278 cm³/mol. The Bertz CT molecular complexity index is 936. The third-order valence-corrected chi connectivity index (χ3v) is 13.5. The highest BCUT2D eigenvalue weighted by atomic mass is 16.3. The second-order valence-corrected chi connectivity index (χ2v) is 19.8. The SMILES string of the molecule is CCCCCCCCCCCCCCC/C=C/CC/C=C/CCCC(O)C(O)C(CO)NC(=O)CCCCCCCCCCCCCCCCCCCCCCCCCCCCC.